The van der Waals surface area contributed by atoms with Gasteiger partial charge in [-0.05, 0) is 36.5 Å². The summed E-state index contributed by atoms with van der Waals surface area (Å²) in [4.78, 5) is 12.9. The maximum atomic E-state index is 12.9. The Morgan fingerprint density at radius 2 is 1.52 bits per heavy atom. The Bertz CT molecular complexity index is 674. The fourth-order valence-corrected chi connectivity index (χ4v) is 2.82. The third-order valence-corrected chi connectivity index (χ3v) is 4.24. The SMILES string of the molecule is CC(C)CCCC(C)NC(=O)/C(=C\c1ccccc1)c1ccccc1. The van der Waals surface area contributed by atoms with Gasteiger partial charge in [0.05, 0.1) is 0 Å². The van der Waals surface area contributed by atoms with Gasteiger partial charge in [0.1, 0.15) is 0 Å². The van der Waals surface area contributed by atoms with E-state index in [-0.39, 0.29) is 11.9 Å². The molecule has 1 atom stereocenters. The standard InChI is InChI=1S/C23H29NO/c1-18(2)11-10-12-19(3)24-23(25)22(21-15-8-5-9-16-21)17-20-13-6-4-7-14-20/h4-9,13-19H,10-12H2,1-3H3,(H,24,25)/b22-17-. The molecule has 0 radical (unpaired) electrons. The molecule has 0 saturated heterocycles. The number of hydrogen-bond donors (Lipinski definition) is 1. The second-order valence-electron chi connectivity index (χ2n) is 7.03. The molecule has 0 aliphatic carbocycles. The predicted molar refractivity (Wildman–Crippen MR) is 107 cm³/mol. The van der Waals surface area contributed by atoms with Crippen LogP contribution in [0.4, 0.5) is 0 Å². The number of amides is 1. The molecular weight excluding hydrogens is 306 g/mol. The third-order valence-electron chi connectivity index (χ3n) is 4.24. The molecule has 25 heavy (non-hydrogen) atoms. The van der Waals surface area contributed by atoms with E-state index in [9.17, 15) is 4.79 Å². The van der Waals surface area contributed by atoms with Crippen LogP contribution in [-0.2, 0) is 4.79 Å². The molecule has 0 saturated carbocycles. The Morgan fingerprint density at radius 1 is 0.920 bits per heavy atom. The molecule has 0 spiro atoms. The van der Waals surface area contributed by atoms with Crippen LogP contribution in [0.2, 0.25) is 0 Å². The third kappa shape index (κ3) is 6.58. The predicted octanol–water partition coefficient (Wildman–Crippen LogP) is 5.56. The van der Waals surface area contributed by atoms with Gasteiger partial charge in [-0.15, -0.1) is 0 Å². The summed E-state index contributed by atoms with van der Waals surface area (Å²) in [7, 11) is 0. The van der Waals surface area contributed by atoms with E-state index in [0.717, 1.165) is 24.0 Å². The van der Waals surface area contributed by atoms with Gasteiger partial charge in [0, 0.05) is 11.6 Å². The van der Waals surface area contributed by atoms with Gasteiger partial charge in [-0.3, -0.25) is 4.79 Å². The minimum atomic E-state index is -0.00731. The maximum Gasteiger partial charge on any atom is 0.252 e. The molecule has 132 valence electrons. The first-order valence-corrected chi connectivity index (χ1v) is 9.19. The molecule has 0 fully saturated rings. The van der Waals surface area contributed by atoms with Gasteiger partial charge >= 0.3 is 0 Å². The van der Waals surface area contributed by atoms with E-state index in [1.165, 1.54) is 6.42 Å². The van der Waals surface area contributed by atoms with Gasteiger partial charge in [-0.2, -0.15) is 0 Å². The largest absolute Gasteiger partial charge is 0.350 e. The van der Waals surface area contributed by atoms with Gasteiger partial charge in [0.15, 0.2) is 0 Å². The van der Waals surface area contributed by atoms with Crippen LogP contribution in [0.15, 0.2) is 60.7 Å². The van der Waals surface area contributed by atoms with Crippen molar-refractivity contribution in [2.75, 3.05) is 0 Å². The summed E-state index contributed by atoms with van der Waals surface area (Å²) in [5, 5.41) is 3.17. The fraction of sp³-hybridized carbons (Fsp3) is 0.348. The van der Waals surface area contributed by atoms with Crippen molar-refractivity contribution in [3.05, 3.63) is 71.8 Å². The van der Waals surface area contributed by atoms with E-state index >= 15 is 0 Å². The maximum absolute atomic E-state index is 12.9. The van der Waals surface area contributed by atoms with Gasteiger partial charge in [0.2, 0.25) is 0 Å². The number of nitrogens with one attached hydrogen (secondary N) is 1. The molecule has 2 rings (SSSR count). The molecule has 2 nitrogen and oxygen atoms in total. The molecular formula is C23H29NO. The van der Waals surface area contributed by atoms with Crippen molar-refractivity contribution in [1.82, 2.24) is 5.32 Å². The van der Waals surface area contributed by atoms with Crippen LogP contribution in [-0.4, -0.2) is 11.9 Å². The molecule has 0 heterocycles. The van der Waals surface area contributed by atoms with Crippen LogP contribution >= 0.6 is 0 Å². The lowest BCUT2D eigenvalue weighted by Gasteiger charge is -2.16. The number of hydrogen-bond acceptors (Lipinski definition) is 1. The molecule has 0 aliphatic heterocycles. The van der Waals surface area contributed by atoms with Gasteiger partial charge in [0.25, 0.3) is 5.91 Å². The molecule has 2 aromatic rings. The molecule has 0 bridgehead atoms. The second-order valence-corrected chi connectivity index (χ2v) is 7.03. The Morgan fingerprint density at radius 3 is 2.12 bits per heavy atom. The Kier molecular flexibility index (Phi) is 7.46. The lowest BCUT2D eigenvalue weighted by Crippen LogP contribution is -2.33. The normalized spacial score (nSPS) is 12.9. The van der Waals surface area contributed by atoms with Gasteiger partial charge in [-0.1, -0.05) is 87.4 Å². The average molecular weight is 335 g/mol. The van der Waals surface area contributed by atoms with Gasteiger partial charge in [-0.25, -0.2) is 0 Å². The number of rotatable bonds is 8. The Hall–Kier alpha value is -2.35. The average Bonchev–Trinajstić information content (AvgIpc) is 2.61. The van der Waals surface area contributed by atoms with E-state index in [0.29, 0.717) is 11.5 Å². The first-order chi connectivity index (χ1) is 12.1. The summed E-state index contributed by atoms with van der Waals surface area (Å²) in [5.74, 6) is 0.702. The highest BCUT2D eigenvalue weighted by Gasteiger charge is 2.14. The molecule has 1 N–H and O–H groups in total. The summed E-state index contributed by atoms with van der Waals surface area (Å²) in [6, 6.07) is 20.0. The first kappa shape index (κ1) is 19.0. The summed E-state index contributed by atoms with van der Waals surface area (Å²) in [6.07, 6.45) is 5.32. The Balaban J connectivity index is 2.13. The minimum absolute atomic E-state index is 0.00731. The van der Waals surface area contributed by atoms with Crippen LogP contribution < -0.4 is 5.32 Å². The quantitative estimate of drug-likeness (QED) is 0.497. The van der Waals surface area contributed by atoms with E-state index < -0.39 is 0 Å². The van der Waals surface area contributed by atoms with Crippen molar-refractivity contribution < 1.29 is 4.79 Å². The van der Waals surface area contributed by atoms with Crippen molar-refractivity contribution in [2.24, 2.45) is 5.92 Å². The van der Waals surface area contributed by atoms with Crippen LogP contribution in [0.1, 0.15) is 51.2 Å². The number of carbonyl (C=O) groups excluding carboxylic acids is 1. The highest BCUT2D eigenvalue weighted by atomic mass is 16.1. The summed E-state index contributed by atoms with van der Waals surface area (Å²) >= 11 is 0. The lowest BCUT2D eigenvalue weighted by molar-refractivity contribution is -0.116. The first-order valence-electron chi connectivity index (χ1n) is 9.19. The molecule has 0 aromatic heterocycles. The van der Waals surface area contributed by atoms with Crippen molar-refractivity contribution in [3.8, 4) is 0 Å². The van der Waals surface area contributed by atoms with Crippen molar-refractivity contribution in [2.45, 2.75) is 46.1 Å². The topological polar surface area (TPSA) is 29.1 Å². The summed E-state index contributed by atoms with van der Waals surface area (Å²) < 4.78 is 0. The van der Waals surface area contributed by atoms with E-state index in [2.05, 4.69) is 26.1 Å². The number of benzene rings is 2. The van der Waals surface area contributed by atoms with E-state index in [1.54, 1.807) is 0 Å². The van der Waals surface area contributed by atoms with E-state index in [4.69, 9.17) is 0 Å². The lowest BCUT2D eigenvalue weighted by atomic mass is 10.0. The molecule has 1 amide bonds. The summed E-state index contributed by atoms with van der Waals surface area (Å²) in [5.41, 5.74) is 2.68. The van der Waals surface area contributed by atoms with Crippen molar-refractivity contribution >= 4 is 17.6 Å². The van der Waals surface area contributed by atoms with Gasteiger partial charge < -0.3 is 5.32 Å². The monoisotopic (exact) mass is 335 g/mol. The van der Waals surface area contributed by atoms with Crippen LogP contribution in [0.25, 0.3) is 11.6 Å². The number of carbonyl (C=O) groups is 1. The summed E-state index contributed by atoms with van der Waals surface area (Å²) in [6.45, 7) is 6.56. The molecule has 2 heteroatoms. The Labute approximate surface area is 152 Å². The second kappa shape index (κ2) is 9.83. The zero-order chi connectivity index (χ0) is 18.1. The highest BCUT2D eigenvalue weighted by Crippen LogP contribution is 2.19. The molecule has 1 unspecified atom stereocenters. The van der Waals surface area contributed by atoms with Crippen molar-refractivity contribution in [3.63, 3.8) is 0 Å². The zero-order valence-electron chi connectivity index (χ0n) is 15.5. The fourth-order valence-electron chi connectivity index (χ4n) is 2.82. The van der Waals surface area contributed by atoms with Crippen LogP contribution in [0.5, 0.6) is 0 Å². The highest BCUT2D eigenvalue weighted by molar-refractivity contribution is 6.24. The smallest absolute Gasteiger partial charge is 0.252 e. The van der Waals surface area contributed by atoms with Crippen LogP contribution in [0, 0.1) is 5.92 Å². The van der Waals surface area contributed by atoms with Crippen molar-refractivity contribution in [1.29, 1.82) is 0 Å². The molecule has 2 aromatic carbocycles. The minimum Gasteiger partial charge on any atom is -0.350 e. The molecule has 0 aliphatic rings. The zero-order valence-corrected chi connectivity index (χ0v) is 15.5. The van der Waals surface area contributed by atoms with E-state index in [1.807, 2.05) is 66.7 Å². The van der Waals surface area contributed by atoms with Crippen LogP contribution in [0.3, 0.4) is 0 Å².